The van der Waals surface area contributed by atoms with E-state index in [1.165, 1.54) is 16.7 Å². The van der Waals surface area contributed by atoms with Gasteiger partial charge >= 0.3 is 0 Å². The van der Waals surface area contributed by atoms with E-state index in [9.17, 15) is 4.79 Å². The summed E-state index contributed by atoms with van der Waals surface area (Å²) in [5.41, 5.74) is 3.53. The molecule has 2 aromatic rings. The molecule has 4 rings (SSSR count). The molecule has 1 saturated heterocycles. The van der Waals surface area contributed by atoms with Crippen LogP contribution in [-0.2, 0) is 15.1 Å². The molecule has 2 heterocycles. The lowest BCUT2D eigenvalue weighted by atomic mass is 9.83. The largest absolute Gasteiger partial charge is 0.357 e. The number of fused-ring (bicyclic) bond motifs is 2. The van der Waals surface area contributed by atoms with Crippen molar-refractivity contribution in [1.82, 2.24) is 4.90 Å². The minimum Gasteiger partial charge on any atom is -0.357 e. The van der Waals surface area contributed by atoms with E-state index in [0.717, 1.165) is 25.9 Å². The van der Waals surface area contributed by atoms with Gasteiger partial charge in [0.2, 0.25) is 5.91 Å². The summed E-state index contributed by atoms with van der Waals surface area (Å²) in [6.45, 7) is 3.19. The van der Waals surface area contributed by atoms with E-state index < -0.39 is 0 Å². The van der Waals surface area contributed by atoms with Crippen LogP contribution < -0.4 is 0 Å². The lowest BCUT2D eigenvalue weighted by Crippen LogP contribution is -2.44. The molecule has 0 radical (unpaired) electrons. The van der Waals surface area contributed by atoms with Gasteiger partial charge in [0.1, 0.15) is 6.10 Å². The van der Waals surface area contributed by atoms with Gasteiger partial charge in [-0.2, -0.15) is 0 Å². The highest BCUT2D eigenvalue weighted by atomic mass is 16.5. The van der Waals surface area contributed by atoms with E-state index >= 15 is 0 Å². The standard InChI is InChI=1S/C20H21NO2/c1-15(22)21-13-11-20(12-14-21)18-10-6-5-9-17(18)19(23-20)16-7-3-2-4-8-16/h2-10,19H,11-14H2,1H3/t19-/m1/s1. The minimum absolute atomic E-state index is 0.00345. The van der Waals surface area contributed by atoms with Gasteiger partial charge in [-0.1, -0.05) is 54.6 Å². The molecule has 118 valence electrons. The Morgan fingerprint density at radius 2 is 1.70 bits per heavy atom. The first-order valence-electron chi connectivity index (χ1n) is 8.27. The lowest BCUT2D eigenvalue weighted by Gasteiger charge is -2.39. The van der Waals surface area contributed by atoms with Crippen LogP contribution in [0.25, 0.3) is 0 Å². The second kappa shape index (κ2) is 5.50. The molecule has 2 aliphatic rings. The normalized spacial score (nSPS) is 22.1. The fraction of sp³-hybridized carbons (Fsp3) is 0.350. The molecular weight excluding hydrogens is 286 g/mol. The molecule has 1 spiro atoms. The van der Waals surface area contributed by atoms with Crippen molar-refractivity contribution in [3.8, 4) is 0 Å². The number of amides is 1. The highest BCUT2D eigenvalue weighted by Gasteiger charge is 2.47. The number of hydrogen-bond donors (Lipinski definition) is 0. The van der Waals surface area contributed by atoms with Gasteiger partial charge in [0.25, 0.3) is 0 Å². The molecule has 0 saturated carbocycles. The number of carbonyl (C=O) groups excluding carboxylic acids is 1. The quantitative estimate of drug-likeness (QED) is 0.805. The second-order valence-corrected chi connectivity index (χ2v) is 6.50. The molecule has 2 aromatic carbocycles. The Hall–Kier alpha value is -2.13. The van der Waals surface area contributed by atoms with Crippen LogP contribution in [-0.4, -0.2) is 23.9 Å². The Morgan fingerprint density at radius 1 is 1.04 bits per heavy atom. The minimum atomic E-state index is -0.247. The molecule has 1 atom stereocenters. The first-order chi connectivity index (χ1) is 11.2. The Kier molecular flexibility index (Phi) is 3.46. The average molecular weight is 307 g/mol. The van der Waals surface area contributed by atoms with Crippen LogP contribution >= 0.6 is 0 Å². The number of piperidine rings is 1. The molecule has 0 aromatic heterocycles. The summed E-state index contributed by atoms with van der Waals surface area (Å²) in [6.07, 6.45) is 1.73. The SMILES string of the molecule is CC(=O)N1CCC2(CC1)O[C@H](c1ccccc1)c1ccccc12. The zero-order valence-corrected chi connectivity index (χ0v) is 13.4. The third-order valence-corrected chi connectivity index (χ3v) is 5.20. The Bertz CT molecular complexity index is 717. The summed E-state index contributed by atoms with van der Waals surface area (Å²) in [5.74, 6) is 0.158. The van der Waals surface area contributed by atoms with Gasteiger partial charge < -0.3 is 9.64 Å². The summed E-state index contributed by atoms with van der Waals surface area (Å²) in [7, 11) is 0. The molecule has 23 heavy (non-hydrogen) atoms. The maximum atomic E-state index is 11.6. The first-order valence-corrected chi connectivity index (χ1v) is 8.27. The van der Waals surface area contributed by atoms with Gasteiger partial charge in [0.05, 0.1) is 5.60 Å². The van der Waals surface area contributed by atoms with Crippen LogP contribution in [0.1, 0.15) is 42.6 Å². The second-order valence-electron chi connectivity index (χ2n) is 6.50. The Morgan fingerprint density at radius 3 is 2.39 bits per heavy atom. The van der Waals surface area contributed by atoms with Crippen LogP contribution in [0.2, 0.25) is 0 Å². The molecule has 1 fully saturated rings. The molecule has 2 aliphatic heterocycles. The fourth-order valence-electron chi connectivity index (χ4n) is 3.94. The smallest absolute Gasteiger partial charge is 0.219 e. The lowest BCUT2D eigenvalue weighted by molar-refractivity contribution is -0.138. The van der Waals surface area contributed by atoms with E-state index in [4.69, 9.17) is 4.74 Å². The summed E-state index contributed by atoms with van der Waals surface area (Å²) < 4.78 is 6.64. The maximum absolute atomic E-state index is 11.6. The van der Waals surface area contributed by atoms with Gasteiger partial charge in [0, 0.05) is 20.0 Å². The van der Waals surface area contributed by atoms with Crippen molar-refractivity contribution < 1.29 is 9.53 Å². The molecule has 3 nitrogen and oxygen atoms in total. The monoisotopic (exact) mass is 307 g/mol. The summed E-state index contributed by atoms with van der Waals surface area (Å²) >= 11 is 0. The van der Waals surface area contributed by atoms with E-state index in [1.807, 2.05) is 11.0 Å². The number of nitrogens with zero attached hydrogens (tertiary/aromatic N) is 1. The molecule has 0 N–H and O–H groups in total. The highest BCUT2D eigenvalue weighted by Crippen LogP contribution is 2.51. The fourth-order valence-corrected chi connectivity index (χ4v) is 3.94. The van der Waals surface area contributed by atoms with Gasteiger partial charge in [-0.15, -0.1) is 0 Å². The molecule has 0 unspecified atom stereocenters. The van der Waals surface area contributed by atoms with Crippen LogP contribution in [0, 0.1) is 0 Å². The summed E-state index contributed by atoms with van der Waals surface area (Å²) in [6, 6.07) is 19.0. The molecule has 3 heteroatoms. The van der Waals surface area contributed by atoms with Gasteiger partial charge in [-0.05, 0) is 29.5 Å². The van der Waals surface area contributed by atoms with Gasteiger partial charge in [0.15, 0.2) is 0 Å². The number of carbonyl (C=O) groups is 1. The third kappa shape index (κ3) is 2.36. The topological polar surface area (TPSA) is 29.5 Å². The predicted molar refractivity (Wildman–Crippen MR) is 89.0 cm³/mol. The van der Waals surface area contributed by atoms with Crippen molar-refractivity contribution in [3.05, 3.63) is 71.3 Å². The number of benzene rings is 2. The first kappa shape index (κ1) is 14.5. The summed E-state index contributed by atoms with van der Waals surface area (Å²) in [5, 5.41) is 0. The number of rotatable bonds is 1. The van der Waals surface area contributed by atoms with Crippen LogP contribution in [0.4, 0.5) is 0 Å². The van der Waals surface area contributed by atoms with Crippen molar-refractivity contribution >= 4 is 5.91 Å². The van der Waals surface area contributed by atoms with Crippen molar-refractivity contribution in [3.63, 3.8) is 0 Å². The van der Waals surface area contributed by atoms with Crippen molar-refractivity contribution in [1.29, 1.82) is 0 Å². The summed E-state index contributed by atoms with van der Waals surface area (Å²) in [4.78, 5) is 13.5. The average Bonchev–Trinajstić information content (AvgIpc) is 2.91. The van der Waals surface area contributed by atoms with Crippen molar-refractivity contribution in [2.45, 2.75) is 31.5 Å². The Balaban J connectivity index is 1.70. The van der Waals surface area contributed by atoms with E-state index in [1.54, 1.807) is 6.92 Å². The number of hydrogen-bond acceptors (Lipinski definition) is 2. The van der Waals surface area contributed by atoms with Crippen molar-refractivity contribution in [2.75, 3.05) is 13.1 Å². The molecule has 1 amide bonds. The maximum Gasteiger partial charge on any atom is 0.219 e. The number of ether oxygens (including phenoxy) is 1. The van der Waals surface area contributed by atoms with Crippen LogP contribution in [0.15, 0.2) is 54.6 Å². The van der Waals surface area contributed by atoms with Gasteiger partial charge in [-0.3, -0.25) is 4.79 Å². The van der Waals surface area contributed by atoms with Gasteiger partial charge in [-0.25, -0.2) is 0 Å². The number of likely N-dealkylation sites (tertiary alicyclic amines) is 1. The van der Waals surface area contributed by atoms with Crippen molar-refractivity contribution in [2.24, 2.45) is 0 Å². The highest BCUT2D eigenvalue weighted by molar-refractivity contribution is 5.73. The third-order valence-electron chi connectivity index (χ3n) is 5.20. The van der Waals surface area contributed by atoms with E-state index in [-0.39, 0.29) is 17.6 Å². The zero-order valence-electron chi connectivity index (χ0n) is 13.4. The molecule has 0 bridgehead atoms. The molecule has 0 aliphatic carbocycles. The van der Waals surface area contributed by atoms with Crippen LogP contribution in [0.5, 0.6) is 0 Å². The van der Waals surface area contributed by atoms with E-state index in [2.05, 4.69) is 48.5 Å². The Labute approximate surface area is 136 Å². The van der Waals surface area contributed by atoms with E-state index in [0.29, 0.717) is 0 Å². The zero-order chi connectivity index (χ0) is 15.9. The molecular formula is C20H21NO2. The van der Waals surface area contributed by atoms with Crippen LogP contribution in [0.3, 0.4) is 0 Å². The predicted octanol–water partition coefficient (Wildman–Crippen LogP) is 3.64.